The first-order chi connectivity index (χ1) is 8.00. The van der Waals surface area contributed by atoms with Crippen molar-refractivity contribution < 1.29 is 9.59 Å². The van der Waals surface area contributed by atoms with Crippen LogP contribution in [0, 0.1) is 0 Å². The molecule has 2 amide bonds. The minimum absolute atomic E-state index is 0.0679. The highest BCUT2D eigenvalue weighted by atomic mass is 16.2. The predicted octanol–water partition coefficient (Wildman–Crippen LogP) is 0.241. The third-order valence-corrected chi connectivity index (χ3v) is 3.67. The lowest BCUT2D eigenvalue weighted by molar-refractivity contribution is -0.147. The molecule has 17 heavy (non-hydrogen) atoms. The second-order valence-electron chi connectivity index (χ2n) is 4.58. The van der Waals surface area contributed by atoms with Crippen molar-refractivity contribution in [3.8, 4) is 0 Å². The van der Waals surface area contributed by atoms with Crippen LogP contribution in [-0.2, 0) is 9.59 Å². The third-order valence-electron chi connectivity index (χ3n) is 3.67. The van der Waals surface area contributed by atoms with E-state index in [9.17, 15) is 9.59 Å². The van der Waals surface area contributed by atoms with E-state index in [1.54, 1.807) is 4.90 Å². The molecule has 1 rings (SSSR count). The number of hydrogen-bond donors (Lipinski definition) is 2. The van der Waals surface area contributed by atoms with Crippen LogP contribution in [0.15, 0.2) is 0 Å². The molecule has 0 spiro atoms. The molecule has 0 bridgehead atoms. The number of nitrogens with zero attached hydrogens (tertiary/aromatic N) is 1. The van der Waals surface area contributed by atoms with Crippen molar-refractivity contribution in [3.63, 3.8) is 0 Å². The van der Waals surface area contributed by atoms with Crippen molar-refractivity contribution in [3.05, 3.63) is 0 Å². The molecular weight excluding hydrogens is 218 g/mol. The van der Waals surface area contributed by atoms with Crippen molar-refractivity contribution in [2.45, 2.75) is 51.6 Å². The molecule has 0 aromatic carbocycles. The van der Waals surface area contributed by atoms with Gasteiger partial charge in [-0.1, -0.05) is 20.8 Å². The third kappa shape index (κ3) is 2.60. The zero-order chi connectivity index (χ0) is 13.1. The van der Waals surface area contributed by atoms with Gasteiger partial charge in [0.15, 0.2) is 0 Å². The highest BCUT2D eigenvalue weighted by molar-refractivity contribution is 5.92. The highest BCUT2D eigenvalue weighted by Crippen LogP contribution is 2.19. The van der Waals surface area contributed by atoms with E-state index >= 15 is 0 Å². The van der Waals surface area contributed by atoms with Crippen LogP contribution in [0.1, 0.15) is 40.0 Å². The quantitative estimate of drug-likeness (QED) is 0.740. The van der Waals surface area contributed by atoms with Crippen molar-refractivity contribution in [1.82, 2.24) is 10.2 Å². The number of nitrogens with two attached hydrogens (primary N) is 1. The maximum absolute atomic E-state index is 12.4. The van der Waals surface area contributed by atoms with Crippen LogP contribution in [0.3, 0.4) is 0 Å². The van der Waals surface area contributed by atoms with E-state index in [0.717, 1.165) is 0 Å². The zero-order valence-electron chi connectivity index (χ0n) is 11.0. The monoisotopic (exact) mass is 241 g/mol. The average Bonchev–Trinajstić information content (AvgIpc) is 2.36. The lowest BCUT2D eigenvalue weighted by atomic mass is 9.91. The Kier molecular flexibility index (Phi) is 4.51. The van der Waals surface area contributed by atoms with Crippen molar-refractivity contribution in [2.24, 2.45) is 5.73 Å². The summed E-state index contributed by atoms with van der Waals surface area (Å²) in [5.74, 6) is -0.161. The molecule has 0 radical (unpaired) electrons. The van der Waals surface area contributed by atoms with Crippen LogP contribution in [0.2, 0.25) is 0 Å². The first-order valence-corrected chi connectivity index (χ1v) is 6.37. The first-order valence-electron chi connectivity index (χ1n) is 6.37. The average molecular weight is 241 g/mol. The second kappa shape index (κ2) is 5.49. The van der Waals surface area contributed by atoms with Gasteiger partial charge in [0.2, 0.25) is 11.8 Å². The van der Waals surface area contributed by atoms with E-state index in [1.165, 1.54) is 0 Å². The van der Waals surface area contributed by atoms with Crippen molar-refractivity contribution >= 4 is 11.8 Å². The molecule has 5 nitrogen and oxygen atoms in total. The van der Waals surface area contributed by atoms with Gasteiger partial charge in [-0.25, -0.2) is 0 Å². The Morgan fingerprint density at radius 3 is 2.53 bits per heavy atom. The Balaban J connectivity index is 2.89. The molecule has 98 valence electrons. The summed E-state index contributed by atoms with van der Waals surface area (Å²) in [5, 5.41) is 2.78. The number of nitrogens with one attached hydrogen (secondary N) is 1. The van der Waals surface area contributed by atoms with Gasteiger partial charge in [0.05, 0.1) is 5.54 Å². The molecule has 0 aromatic heterocycles. The zero-order valence-corrected chi connectivity index (χ0v) is 11.0. The van der Waals surface area contributed by atoms with E-state index < -0.39 is 5.54 Å². The normalized spacial score (nSPS) is 21.3. The summed E-state index contributed by atoms with van der Waals surface area (Å²) in [4.78, 5) is 25.8. The standard InChI is InChI=1S/C12H23N3O2/c1-4-9-10(16)14-7-8-15(9)11(17)12(13,5-2)6-3/h9H,4-8,13H2,1-3H3,(H,14,16). The Labute approximate surface area is 103 Å². The number of carbonyl (C=O) groups excluding carboxylic acids is 2. The molecule has 0 aliphatic carbocycles. The van der Waals surface area contributed by atoms with Gasteiger partial charge >= 0.3 is 0 Å². The molecule has 1 aliphatic rings. The largest absolute Gasteiger partial charge is 0.353 e. The molecule has 0 saturated carbocycles. The lowest BCUT2D eigenvalue weighted by Crippen LogP contribution is -2.63. The molecule has 1 atom stereocenters. The molecule has 1 heterocycles. The van der Waals surface area contributed by atoms with Gasteiger partial charge in [-0.3, -0.25) is 9.59 Å². The smallest absolute Gasteiger partial charge is 0.243 e. The number of rotatable bonds is 4. The van der Waals surface area contributed by atoms with Crippen LogP contribution >= 0.6 is 0 Å². The van der Waals surface area contributed by atoms with E-state index in [-0.39, 0.29) is 17.9 Å². The van der Waals surface area contributed by atoms with Crippen molar-refractivity contribution in [2.75, 3.05) is 13.1 Å². The highest BCUT2D eigenvalue weighted by Gasteiger charge is 2.40. The molecular formula is C12H23N3O2. The van der Waals surface area contributed by atoms with Crippen LogP contribution in [0.5, 0.6) is 0 Å². The number of hydrogen-bond acceptors (Lipinski definition) is 3. The van der Waals surface area contributed by atoms with Crippen LogP contribution in [0.4, 0.5) is 0 Å². The van der Waals surface area contributed by atoms with Gasteiger partial charge in [0.1, 0.15) is 6.04 Å². The Hall–Kier alpha value is -1.10. The van der Waals surface area contributed by atoms with E-state index in [0.29, 0.717) is 32.4 Å². The van der Waals surface area contributed by atoms with Gasteiger partial charge in [-0.2, -0.15) is 0 Å². The van der Waals surface area contributed by atoms with Gasteiger partial charge in [-0.15, -0.1) is 0 Å². The summed E-state index contributed by atoms with van der Waals surface area (Å²) in [6.45, 7) is 6.80. The molecule has 5 heteroatoms. The maximum atomic E-state index is 12.4. The summed E-state index contributed by atoms with van der Waals surface area (Å²) in [6, 6.07) is -0.364. The van der Waals surface area contributed by atoms with E-state index in [2.05, 4.69) is 5.32 Å². The fraction of sp³-hybridized carbons (Fsp3) is 0.833. The van der Waals surface area contributed by atoms with Crippen molar-refractivity contribution in [1.29, 1.82) is 0 Å². The molecule has 1 unspecified atom stereocenters. The van der Waals surface area contributed by atoms with E-state index in [4.69, 9.17) is 5.73 Å². The van der Waals surface area contributed by atoms with Crippen LogP contribution in [0.25, 0.3) is 0 Å². The Morgan fingerprint density at radius 2 is 2.06 bits per heavy atom. The summed E-state index contributed by atoms with van der Waals surface area (Å²) >= 11 is 0. The fourth-order valence-electron chi connectivity index (χ4n) is 2.20. The van der Waals surface area contributed by atoms with Crippen LogP contribution < -0.4 is 11.1 Å². The molecule has 0 aromatic rings. The molecule has 3 N–H and O–H groups in total. The summed E-state index contributed by atoms with van der Waals surface area (Å²) in [6.07, 6.45) is 1.81. The fourth-order valence-corrected chi connectivity index (χ4v) is 2.20. The molecule has 1 saturated heterocycles. The number of carbonyl (C=O) groups is 2. The SMILES string of the molecule is CCC1C(=O)NCCN1C(=O)C(N)(CC)CC. The summed E-state index contributed by atoms with van der Waals surface area (Å²) < 4.78 is 0. The minimum Gasteiger partial charge on any atom is -0.353 e. The number of amides is 2. The summed E-state index contributed by atoms with van der Waals surface area (Å²) in [7, 11) is 0. The topological polar surface area (TPSA) is 75.4 Å². The van der Waals surface area contributed by atoms with Gasteiger partial charge in [0.25, 0.3) is 0 Å². The number of piperazine rings is 1. The predicted molar refractivity (Wildman–Crippen MR) is 66.3 cm³/mol. The minimum atomic E-state index is -0.828. The van der Waals surface area contributed by atoms with Gasteiger partial charge in [-0.05, 0) is 19.3 Å². The molecule has 1 aliphatic heterocycles. The first kappa shape index (κ1) is 14.0. The Bertz CT molecular complexity index is 300. The van der Waals surface area contributed by atoms with Crippen LogP contribution in [-0.4, -0.2) is 41.4 Å². The Morgan fingerprint density at radius 1 is 1.47 bits per heavy atom. The maximum Gasteiger partial charge on any atom is 0.243 e. The lowest BCUT2D eigenvalue weighted by Gasteiger charge is -2.39. The van der Waals surface area contributed by atoms with Gasteiger partial charge in [0, 0.05) is 13.1 Å². The second-order valence-corrected chi connectivity index (χ2v) is 4.58. The van der Waals surface area contributed by atoms with E-state index in [1.807, 2.05) is 20.8 Å². The van der Waals surface area contributed by atoms with Gasteiger partial charge < -0.3 is 16.0 Å². The molecule has 1 fully saturated rings. The summed E-state index contributed by atoms with van der Waals surface area (Å²) in [5.41, 5.74) is 5.28.